The van der Waals surface area contributed by atoms with Gasteiger partial charge in [-0.3, -0.25) is 14.5 Å². The highest BCUT2D eigenvalue weighted by Gasteiger charge is 2.34. The van der Waals surface area contributed by atoms with E-state index in [1.165, 1.54) is 4.90 Å². The van der Waals surface area contributed by atoms with Crippen LogP contribution in [0.4, 0.5) is 4.79 Å². The number of rotatable bonds is 10. The molecule has 0 N–H and O–H groups in total. The Morgan fingerprint density at radius 3 is 1.91 bits per heavy atom. The van der Waals surface area contributed by atoms with Crippen LogP contribution in [-0.2, 0) is 37.0 Å². The standard InChI is InChI=1S/C27H35NO7/c1-26(2,3)28(25(31)34-18-20-10-8-7-9-11-20)16-23(29)35-19-27(4,5)24(30)33-17-21-12-14-22(32-6)15-13-21/h7-15H,16-19H2,1-6H3. The van der Waals surface area contributed by atoms with Gasteiger partial charge < -0.3 is 18.9 Å². The minimum Gasteiger partial charge on any atom is -0.497 e. The molecule has 8 heteroatoms. The van der Waals surface area contributed by atoms with Gasteiger partial charge in [0.05, 0.1) is 12.5 Å². The van der Waals surface area contributed by atoms with E-state index in [-0.39, 0.29) is 26.4 Å². The molecule has 0 radical (unpaired) electrons. The fraction of sp³-hybridized carbons (Fsp3) is 0.444. The van der Waals surface area contributed by atoms with Gasteiger partial charge >= 0.3 is 18.0 Å². The van der Waals surface area contributed by atoms with Crippen LogP contribution in [0.5, 0.6) is 5.75 Å². The van der Waals surface area contributed by atoms with E-state index in [1.54, 1.807) is 66.0 Å². The van der Waals surface area contributed by atoms with Crippen LogP contribution in [0.25, 0.3) is 0 Å². The maximum Gasteiger partial charge on any atom is 0.411 e. The molecular weight excluding hydrogens is 450 g/mol. The van der Waals surface area contributed by atoms with Gasteiger partial charge in [0.15, 0.2) is 0 Å². The fourth-order valence-electron chi connectivity index (χ4n) is 2.93. The third-order valence-corrected chi connectivity index (χ3v) is 5.20. The highest BCUT2D eigenvalue weighted by Crippen LogP contribution is 2.21. The Balaban J connectivity index is 1.87. The third kappa shape index (κ3) is 8.96. The van der Waals surface area contributed by atoms with E-state index in [1.807, 2.05) is 30.3 Å². The number of esters is 2. The number of ether oxygens (including phenoxy) is 4. The molecule has 2 aromatic rings. The number of methoxy groups -OCH3 is 1. The van der Waals surface area contributed by atoms with Gasteiger partial charge in [-0.15, -0.1) is 0 Å². The first-order chi connectivity index (χ1) is 16.4. The van der Waals surface area contributed by atoms with Gasteiger partial charge in [0.2, 0.25) is 0 Å². The zero-order valence-electron chi connectivity index (χ0n) is 21.3. The summed E-state index contributed by atoms with van der Waals surface area (Å²) in [5, 5.41) is 0. The van der Waals surface area contributed by atoms with Crippen LogP contribution in [0.1, 0.15) is 45.7 Å². The lowest BCUT2D eigenvalue weighted by Gasteiger charge is -2.34. The number of benzene rings is 2. The summed E-state index contributed by atoms with van der Waals surface area (Å²) in [6.45, 7) is 8.33. The van der Waals surface area contributed by atoms with Crippen molar-refractivity contribution in [2.24, 2.45) is 5.41 Å². The average molecular weight is 486 g/mol. The summed E-state index contributed by atoms with van der Waals surface area (Å²) < 4.78 is 21.2. The first kappa shape index (κ1) is 27.7. The van der Waals surface area contributed by atoms with E-state index in [4.69, 9.17) is 18.9 Å². The van der Waals surface area contributed by atoms with Gasteiger partial charge in [-0.2, -0.15) is 0 Å². The van der Waals surface area contributed by atoms with E-state index < -0.39 is 29.0 Å². The number of carbonyl (C=O) groups excluding carboxylic acids is 3. The molecule has 0 spiro atoms. The molecule has 0 unspecified atom stereocenters. The quantitative estimate of drug-likeness (QED) is 0.354. The molecule has 0 aliphatic heterocycles. The van der Waals surface area contributed by atoms with Crippen molar-refractivity contribution in [3.05, 3.63) is 65.7 Å². The van der Waals surface area contributed by atoms with Crippen LogP contribution in [0, 0.1) is 5.41 Å². The Morgan fingerprint density at radius 1 is 0.771 bits per heavy atom. The zero-order valence-corrected chi connectivity index (χ0v) is 21.3. The molecule has 0 saturated carbocycles. The molecule has 8 nitrogen and oxygen atoms in total. The van der Waals surface area contributed by atoms with Gasteiger partial charge in [0.25, 0.3) is 0 Å². The summed E-state index contributed by atoms with van der Waals surface area (Å²) in [5.41, 5.74) is -0.101. The van der Waals surface area contributed by atoms with E-state index in [2.05, 4.69) is 0 Å². The van der Waals surface area contributed by atoms with E-state index >= 15 is 0 Å². The first-order valence-electron chi connectivity index (χ1n) is 11.4. The predicted octanol–water partition coefficient (Wildman–Crippen LogP) is 4.75. The molecule has 0 heterocycles. The second-order valence-corrected chi connectivity index (χ2v) is 9.77. The largest absolute Gasteiger partial charge is 0.497 e. The Bertz CT molecular complexity index is 979. The lowest BCUT2D eigenvalue weighted by molar-refractivity contribution is -0.163. The Hall–Kier alpha value is -3.55. The van der Waals surface area contributed by atoms with Crippen LogP contribution < -0.4 is 4.74 Å². The smallest absolute Gasteiger partial charge is 0.411 e. The van der Waals surface area contributed by atoms with Crippen LogP contribution in [0.15, 0.2) is 54.6 Å². The molecule has 0 aliphatic carbocycles. The Labute approximate surface area is 207 Å². The van der Waals surface area contributed by atoms with Crippen molar-refractivity contribution in [3.8, 4) is 5.75 Å². The highest BCUT2D eigenvalue weighted by molar-refractivity contribution is 5.80. The molecule has 190 valence electrons. The Kier molecular flexibility index (Phi) is 9.68. The van der Waals surface area contributed by atoms with Crippen LogP contribution >= 0.6 is 0 Å². The van der Waals surface area contributed by atoms with Gasteiger partial charge in [0, 0.05) is 5.54 Å². The minimum atomic E-state index is -1.07. The lowest BCUT2D eigenvalue weighted by Crippen LogP contribution is -2.49. The van der Waals surface area contributed by atoms with Crippen molar-refractivity contribution in [2.45, 2.75) is 53.4 Å². The predicted molar refractivity (Wildman–Crippen MR) is 131 cm³/mol. The normalized spacial score (nSPS) is 11.4. The lowest BCUT2D eigenvalue weighted by atomic mass is 9.95. The Morgan fingerprint density at radius 2 is 1.34 bits per heavy atom. The maximum atomic E-state index is 12.7. The number of nitrogens with zero attached hydrogens (tertiary/aromatic N) is 1. The molecule has 35 heavy (non-hydrogen) atoms. The SMILES string of the molecule is COc1ccc(COC(=O)C(C)(C)COC(=O)CN(C(=O)OCc2ccccc2)C(C)(C)C)cc1. The van der Waals surface area contributed by atoms with Gasteiger partial charge in [-0.05, 0) is 57.9 Å². The van der Waals surface area contributed by atoms with Crippen LogP contribution in [0.3, 0.4) is 0 Å². The fourth-order valence-corrected chi connectivity index (χ4v) is 2.93. The topological polar surface area (TPSA) is 91.4 Å². The molecule has 0 fully saturated rings. The molecule has 2 aromatic carbocycles. The summed E-state index contributed by atoms with van der Waals surface area (Å²) in [6.07, 6.45) is -0.628. The first-order valence-corrected chi connectivity index (χ1v) is 11.4. The number of hydrogen-bond donors (Lipinski definition) is 0. The van der Waals surface area contributed by atoms with Crippen molar-refractivity contribution >= 4 is 18.0 Å². The second-order valence-electron chi connectivity index (χ2n) is 9.77. The average Bonchev–Trinajstić information content (AvgIpc) is 2.83. The van der Waals surface area contributed by atoms with Crippen LogP contribution in [0.2, 0.25) is 0 Å². The molecule has 0 saturated heterocycles. The van der Waals surface area contributed by atoms with Crippen LogP contribution in [-0.4, -0.2) is 48.7 Å². The third-order valence-electron chi connectivity index (χ3n) is 5.20. The van der Waals surface area contributed by atoms with Crippen molar-refractivity contribution in [2.75, 3.05) is 20.3 Å². The molecule has 0 aliphatic rings. The minimum absolute atomic E-state index is 0.0886. The molecule has 2 rings (SSSR count). The second kappa shape index (κ2) is 12.2. The molecule has 1 amide bonds. The molecular formula is C27H35NO7. The highest BCUT2D eigenvalue weighted by atomic mass is 16.6. The molecule has 0 aromatic heterocycles. The van der Waals surface area contributed by atoms with Gasteiger partial charge in [0.1, 0.15) is 32.1 Å². The number of carbonyl (C=O) groups is 3. The summed E-state index contributed by atoms with van der Waals surface area (Å²) in [5.74, 6) is -0.441. The van der Waals surface area contributed by atoms with Crippen molar-refractivity contribution in [1.82, 2.24) is 4.90 Å². The summed E-state index contributed by atoms with van der Waals surface area (Å²) in [4.78, 5) is 39.1. The monoisotopic (exact) mass is 485 g/mol. The maximum absolute atomic E-state index is 12.7. The molecule has 0 bridgehead atoms. The van der Waals surface area contributed by atoms with Crippen molar-refractivity contribution < 1.29 is 33.3 Å². The van der Waals surface area contributed by atoms with E-state index in [9.17, 15) is 14.4 Å². The van der Waals surface area contributed by atoms with Crippen molar-refractivity contribution in [1.29, 1.82) is 0 Å². The van der Waals surface area contributed by atoms with Gasteiger partial charge in [-0.1, -0.05) is 42.5 Å². The zero-order chi connectivity index (χ0) is 26.1. The van der Waals surface area contributed by atoms with E-state index in [0.29, 0.717) is 5.75 Å². The van der Waals surface area contributed by atoms with Gasteiger partial charge in [-0.25, -0.2) is 4.79 Å². The number of hydrogen-bond acceptors (Lipinski definition) is 7. The summed E-state index contributed by atoms with van der Waals surface area (Å²) >= 11 is 0. The number of amides is 1. The van der Waals surface area contributed by atoms with E-state index in [0.717, 1.165) is 11.1 Å². The summed E-state index contributed by atoms with van der Waals surface area (Å²) in [7, 11) is 1.58. The van der Waals surface area contributed by atoms with Crippen molar-refractivity contribution in [3.63, 3.8) is 0 Å². The molecule has 0 atom stereocenters. The summed E-state index contributed by atoms with van der Waals surface area (Å²) in [6, 6.07) is 16.4.